The van der Waals surface area contributed by atoms with Gasteiger partial charge >= 0.3 is 0 Å². The Bertz CT molecular complexity index is 877. The average Bonchev–Trinajstić information content (AvgIpc) is 3.02. The van der Waals surface area contributed by atoms with Gasteiger partial charge in [-0.25, -0.2) is 9.37 Å². The normalized spacial score (nSPS) is 10.6. The molecule has 2 aromatic carbocycles. The first kappa shape index (κ1) is 16.3. The lowest BCUT2D eigenvalue weighted by Gasteiger charge is -2.12. The fourth-order valence-electron chi connectivity index (χ4n) is 2.42. The van der Waals surface area contributed by atoms with Crippen LogP contribution in [0.3, 0.4) is 0 Å². The number of nitrogens with zero attached hydrogens (tertiary/aromatic N) is 2. The summed E-state index contributed by atoms with van der Waals surface area (Å²) in [7, 11) is 0. The topological polar surface area (TPSA) is 46.9 Å². The minimum Gasteiger partial charge on any atom is -0.320 e. The van der Waals surface area contributed by atoms with Gasteiger partial charge in [0, 0.05) is 11.4 Å². The first-order valence-corrected chi connectivity index (χ1v) is 8.57. The summed E-state index contributed by atoms with van der Waals surface area (Å²) in [5, 5.41) is 3.55. The molecule has 0 aliphatic heterocycles. The zero-order valence-corrected chi connectivity index (χ0v) is 14.1. The largest absolute Gasteiger partial charge is 0.320 e. The Morgan fingerprint density at radius 2 is 1.96 bits per heavy atom. The molecule has 0 atom stereocenters. The van der Waals surface area contributed by atoms with Gasteiger partial charge in [0.25, 0.3) is 5.91 Å². The van der Waals surface area contributed by atoms with E-state index in [2.05, 4.69) is 10.3 Å². The molecule has 0 fully saturated rings. The van der Waals surface area contributed by atoms with Crippen molar-refractivity contribution in [1.29, 1.82) is 0 Å². The lowest BCUT2D eigenvalue weighted by molar-refractivity contribution is 0.102. The number of amides is 1. The van der Waals surface area contributed by atoms with E-state index in [4.69, 9.17) is 0 Å². The predicted molar refractivity (Wildman–Crippen MR) is 94.4 cm³/mol. The van der Waals surface area contributed by atoms with Crippen molar-refractivity contribution in [1.82, 2.24) is 9.55 Å². The maximum Gasteiger partial charge on any atom is 0.274 e. The average molecular weight is 341 g/mol. The van der Waals surface area contributed by atoms with Crippen LogP contribution in [-0.4, -0.2) is 21.7 Å². The van der Waals surface area contributed by atoms with Gasteiger partial charge in [0.2, 0.25) is 0 Å². The van der Waals surface area contributed by atoms with Crippen molar-refractivity contribution >= 4 is 23.4 Å². The van der Waals surface area contributed by atoms with Gasteiger partial charge in [-0.15, -0.1) is 0 Å². The molecule has 3 aromatic rings. The van der Waals surface area contributed by atoms with Crippen LogP contribution in [0.4, 0.5) is 10.1 Å². The number of halogens is 1. The summed E-state index contributed by atoms with van der Waals surface area (Å²) in [6.45, 7) is 1.75. The van der Waals surface area contributed by atoms with Crippen LogP contribution in [0, 0.1) is 12.7 Å². The van der Waals surface area contributed by atoms with Gasteiger partial charge in [-0.05, 0) is 49.1 Å². The van der Waals surface area contributed by atoms with Crippen LogP contribution < -0.4 is 5.32 Å². The standard InChI is InChI=1S/C18H16FN3OS/c1-12-10-13(19)8-9-15(12)21-17(23)16-11-20-18(24-2)22(16)14-6-4-3-5-7-14/h3-11H,1-2H3,(H,21,23). The summed E-state index contributed by atoms with van der Waals surface area (Å²) < 4.78 is 15.0. The van der Waals surface area contributed by atoms with Crippen molar-refractivity contribution in [2.45, 2.75) is 12.1 Å². The van der Waals surface area contributed by atoms with E-state index in [1.165, 1.54) is 23.9 Å². The van der Waals surface area contributed by atoms with E-state index in [1.54, 1.807) is 23.8 Å². The second-order valence-electron chi connectivity index (χ2n) is 5.21. The van der Waals surface area contributed by atoms with Crippen molar-refractivity contribution < 1.29 is 9.18 Å². The molecule has 0 radical (unpaired) electrons. The van der Waals surface area contributed by atoms with Crippen molar-refractivity contribution in [2.75, 3.05) is 11.6 Å². The second kappa shape index (κ2) is 6.88. The molecule has 0 aliphatic carbocycles. The fourth-order valence-corrected chi connectivity index (χ4v) is 2.96. The third kappa shape index (κ3) is 3.19. The van der Waals surface area contributed by atoms with Crippen molar-refractivity contribution in [2.24, 2.45) is 0 Å². The van der Waals surface area contributed by atoms with Gasteiger partial charge in [-0.3, -0.25) is 9.36 Å². The monoisotopic (exact) mass is 341 g/mol. The van der Waals surface area contributed by atoms with E-state index in [9.17, 15) is 9.18 Å². The van der Waals surface area contributed by atoms with E-state index >= 15 is 0 Å². The number of para-hydroxylation sites is 1. The molecule has 1 amide bonds. The molecule has 0 spiro atoms. The summed E-state index contributed by atoms with van der Waals surface area (Å²) in [6, 6.07) is 13.8. The molecule has 1 heterocycles. The number of imidazole rings is 1. The first-order chi connectivity index (χ1) is 11.6. The summed E-state index contributed by atoms with van der Waals surface area (Å²) in [5.74, 6) is -0.620. The van der Waals surface area contributed by atoms with E-state index in [1.807, 2.05) is 36.6 Å². The number of hydrogen-bond acceptors (Lipinski definition) is 3. The lowest BCUT2D eigenvalue weighted by atomic mass is 10.2. The molecule has 24 heavy (non-hydrogen) atoms. The minimum absolute atomic E-state index is 0.290. The molecule has 0 saturated carbocycles. The second-order valence-corrected chi connectivity index (χ2v) is 5.99. The Morgan fingerprint density at radius 1 is 1.21 bits per heavy atom. The summed E-state index contributed by atoms with van der Waals surface area (Å²) in [6.07, 6.45) is 3.46. The van der Waals surface area contributed by atoms with Gasteiger partial charge in [0.1, 0.15) is 11.5 Å². The maximum absolute atomic E-state index is 13.2. The highest BCUT2D eigenvalue weighted by atomic mass is 32.2. The molecule has 1 aromatic heterocycles. The van der Waals surface area contributed by atoms with E-state index < -0.39 is 0 Å². The van der Waals surface area contributed by atoms with Gasteiger partial charge < -0.3 is 5.32 Å². The zero-order chi connectivity index (χ0) is 17.1. The van der Waals surface area contributed by atoms with Crippen LogP contribution in [-0.2, 0) is 0 Å². The minimum atomic E-state index is -0.329. The quantitative estimate of drug-likeness (QED) is 0.720. The number of thioether (sulfide) groups is 1. The van der Waals surface area contributed by atoms with Crippen molar-refractivity contribution in [3.8, 4) is 5.69 Å². The number of hydrogen-bond donors (Lipinski definition) is 1. The van der Waals surface area contributed by atoms with Gasteiger partial charge in [-0.1, -0.05) is 30.0 Å². The lowest BCUT2D eigenvalue weighted by Crippen LogP contribution is -2.17. The Hall–Kier alpha value is -2.60. The molecule has 0 bridgehead atoms. The van der Waals surface area contributed by atoms with Gasteiger partial charge in [-0.2, -0.15) is 0 Å². The predicted octanol–water partition coefficient (Wildman–Crippen LogP) is 4.29. The zero-order valence-electron chi connectivity index (χ0n) is 13.3. The Balaban J connectivity index is 1.97. The van der Waals surface area contributed by atoms with Crippen LogP contribution in [0.15, 0.2) is 59.9 Å². The molecule has 0 aliphatic rings. The third-order valence-electron chi connectivity index (χ3n) is 3.60. The number of benzene rings is 2. The SMILES string of the molecule is CSc1ncc(C(=O)Nc2ccc(F)cc2C)n1-c1ccccc1. The fraction of sp³-hybridized carbons (Fsp3) is 0.111. The van der Waals surface area contributed by atoms with E-state index in [0.717, 1.165) is 10.8 Å². The molecule has 122 valence electrons. The highest BCUT2D eigenvalue weighted by Gasteiger charge is 2.18. The molecule has 1 N–H and O–H groups in total. The summed E-state index contributed by atoms with van der Waals surface area (Å²) >= 11 is 1.46. The van der Waals surface area contributed by atoms with E-state index in [-0.39, 0.29) is 11.7 Å². The molecule has 0 unspecified atom stereocenters. The number of nitrogens with one attached hydrogen (secondary N) is 1. The van der Waals surface area contributed by atoms with Crippen LogP contribution >= 0.6 is 11.8 Å². The third-order valence-corrected chi connectivity index (χ3v) is 4.25. The van der Waals surface area contributed by atoms with Crippen molar-refractivity contribution in [3.05, 3.63) is 71.8 Å². The summed E-state index contributed by atoms with van der Waals surface area (Å²) in [5.41, 5.74) is 2.53. The molecule has 6 heteroatoms. The number of aromatic nitrogens is 2. The smallest absolute Gasteiger partial charge is 0.274 e. The number of anilines is 1. The van der Waals surface area contributed by atoms with E-state index in [0.29, 0.717) is 16.9 Å². The Morgan fingerprint density at radius 3 is 2.62 bits per heavy atom. The number of rotatable bonds is 4. The molecular formula is C18H16FN3OS. The van der Waals surface area contributed by atoms with Crippen LogP contribution in [0.5, 0.6) is 0 Å². The summed E-state index contributed by atoms with van der Waals surface area (Å²) in [4.78, 5) is 17.0. The molecular weight excluding hydrogens is 325 g/mol. The highest BCUT2D eigenvalue weighted by molar-refractivity contribution is 7.98. The van der Waals surface area contributed by atoms with Crippen LogP contribution in [0.2, 0.25) is 0 Å². The van der Waals surface area contributed by atoms with Crippen LogP contribution in [0.25, 0.3) is 5.69 Å². The van der Waals surface area contributed by atoms with Crippen molar-refractivity contribution in [3.63, 3.8) is 0 Å². The molecule has 0 saturated heterocycles. The number of aryl methyl sites for hydroxylation is 1. The molecule has 4 nitrogen and oxygen atoms in total. The Kier molecular flexibility index (Phi) is 4.66. The highest BCUT2D eigenvalue weighted by Crippen LogP contribution is 2.23. The molecule has 3 rings (SSSR count). The van der Waals surface area contributed by atoms with Gasteiger partial charge in [0.15, 0.2) is 5.16 Å². The maximum atomic E-state index is 13.2. The Labute approximate surface area is 143 Å². The first-order valence-electron chi connectivity index (χ1n) is 7.35. The number of carbonyl (C=O) groups excluding carboxylic acids is 1. The van der Waals surface area contributed by atoms with Crippen LogP contribution in [0.1, 0.15) is 16.1 Å². The van der Waals surface area contributed by atoms with Gasteiger partial charge in [0.05, 0.1) is 6.20 Å². The number of carbonyl (C=O) groups is 1.